The molecule has 3 heterocycles. The lowest BCUT2D eigenvalue weighted by molar-refractivity contribution is 0.102. The van der Waals surface area contributed by atoms with Gasteiger partial charge in [0.25, 0.3) is 5.91 Å². The van der Waals surface area contributed by atoms with Gasteiger partial charge in [-0.2, -0.15) is 5.10 Å². The maximum atomic E-state index is 14.0. The Balaban J connectivity index is 1.59. The highest BCUT2D eigenvalue weighted by Gasteiger charge is 2.16. The minimum atomic E-state index is -0.403. The molecule has 0 aliphatic heterocycles. The second kappa shape index (κ2) is 7.52. The van der Waals surface area contributed by atoms with Crippen LogP contribution >= 0.6 is 0 Å². The Labute approximate surface area is 176 Å². The molecule has 0 fully saturated rings. The molecule has 1 amide bonds. The molecule has 0 saturated heterocycles. The van der Waals surface area contributed by atoms with Crippen LogP contribution in [-0.4, -0.2) is 30.1 Å². The molecule has 8 nitrogen and oxygen atoms in total. The van der Waals surface area contributed by atoms with Gasteiger partial charge in [0.15, 0.2) is 11.5 Å². The van der Waals surface area contributed by atoms with E-state index in [1.807, 2.05) is 19.2 Å². The van der Waals surface area contributed by atoms with E-state index in [0.717, 1.165) is 5.69 Å². The minimum Gasteiger partial charge on any atom is -0.361 e. The molecule has 5 aromatic rings. The first-order valence-corrected chi connectivity index (χ1v) is 9.64. The Morgan fingerprint density at radius 3 is 2.74 bits per heavy atom. The molecular weight excluding hydrogens is 397 g/mol. The van der Waals surface area contributed by atoms with Crippen LogP contribution in [0.4, 0.5) is 16.0 Å². The van der Waals surface area contributed by atoms with E-state index in [9.17, 15) is 9.18 Å². The summed E-state index contributed by atoms with van der Waals surface area (Å²) in [6.07, 6.45) is 3.26. The van der Waals surface area contributed by atoms with Crippen molar-refractivity contribution in [2.24, 2.45) is 7.05 Å². The third-order valence-electron chi connectivity index (χ3n) is 5.02. The second-order valence-electron chi connectivity index (χ2n) is 7.02. The zero-order valence-corrected chi connectivity index (χ0v) is 16.6. The summed E-state index contributed by atoms with van der Waals surface area (Å²) in [6.45, 7) is 0.477. The summed E-state index contributed by atoms with van der Waals surface area (Å²) in [5.41, 5.74) is 3.01. The van der Waals surface area contributed by atoms with E-state index in [1.165, 1.54) is 18.3 Å². The van der Waals surface area contributed by atoms with Gasteiger partial charge in [-0.25, -0.2) is 14.4 Å². The first kappa shape index (κ1) is 18.7. The van der Waals surface area contributed by atoms with E-state index in [0.29, 0.717) is 40.4 Å². The molecule has 5 rings (SSSR count). The topological polar surface area (TPSA) is 89.1 Å². The van der Waals surface area contributed by atoms with Crippen LogP contribution in [-0.2, 0) is 13.6 Å². The van der Waals surface area contributed by atoms with Gasteiger partial charge in [0.2, 0.25) is 0 Å². The molecule has 0 aliphatic carbocycles. The molecule has 0 spiro atoms. The number of hydrogen-bond acceptors (Lipinski definition) is 5. The highest BCUT2D eigenvalue weighted by Crippen LogP contribution is 2.26. The van der Waals surface area contributed by atoms with Crippen molar-refractivity contribution in [3.8, 4) is 0 Å². The molecule has 154 valence electrons. The largest absolute Gasteiger partial charge is 0.361 e. The van der Waals surface area contributed by atoms with Crippen molar-refractivity contribution in [3.63, 3.8) is 0 Å². The van der Waals surface area contributed by atoms with Crippen LogP contribution in [0.15, 0.2) is 67.0 Å². The van der Waals surface area contributed by atoms with Crippen LogP contribution in [0.1, 0.15) is 16.1 Å². The van der Waals surface area contributed by atoms with Crippen LogP contribution in [0.5, 0.6) is 0 Å². The Morgan fingerprint density at radius 1 is 1.13 bits per heavy atom. The highest BCUT2D eigenvalue weighted by molar-refractivity contribution is 6.04. The summed E-state index contributed by atoms with van der Waals surface area (Å²) in [4.78, 5) is 21.8. The van der Waals surface area contributed by atoms with Crippen molar-refractivity contribution in [1.82, 2.24) is 24.1 Å². The van der Waals surface area contributed by atoms with E-state index < -0.39 is 5.82 Å². The number of imidazole rings is 1. The third-order valence-corrected chi connectivity index (χ3v) is 5.02. The van der Waals surface area contributed by atoms with Gasteiger partial charge < -0.3 is 10.6 Å². The van der Waals surface area contributed by atoms with Crippen molar-refractivity contribution in [3.05, 3.63) is 84.1 Å². The van der Waals surface area contributed by atoms with Gasteiger partial charge in [-0.1, -0.05) is 18.2 Å². The Kier molecular flexibility index (Phi) is 4.55. The number of anilines is 2. The fraction of sp³-hybridized carbons (Fsp3) is 0.0909. The molecule has 2 N–H and O–H groups in total. The molecule has 31 heavy (non-hydrogen) atoms. The summed E-state index contributed by atoms with van der Waals surface area (Å²) in [6, 6.07) is 15.1. The van der Waals surface area contributed by atoms with E-state index in [4.69, 9.17) is 0 Å². The molecule has 2 aromatic carbocycles. The van der Waals surface area contributed by atoms with E-state index in [2.05, 4.69) is 25.7 Å². The van der Waals surface area contributed by atoms with Crippen LogP contribution in [0.3, 0.4) is 0 Å². The molecule has 0 atom stereocenters. The zero-order valence-electron chi connectivity index (χ0n) is 16.6. The number of hydrogen-bond donors (Lipinski definition) is 2. The van der Waals surface area contributed by atoms with Crippen molar-refractivity contribution in [2.45, 2.75) is 6.54 Å². The monoisotopic (exact) mass is 415 g/mol. The molecule has 0 bridgehead atoms. The van der Waals surface area contributed by atoms with Crippen LogP contribution in [0.2, 0.25) is 0 Å². The third kappa shape index (κ3) is 3.46. The standard InChI is InChI=1S/C22H18FN7O/c1-29-16(9-10-26-29)12-24-20-21-25-13-19(28-22(31)14-5-3-2-4-6-14)30(21)18-11-15(23)7-8-17(18)27-20/h2-11,13H,12H2,1H3,(H,24,27)(H,28,31). The lowest BCUT2D eigenvalue weighted by Crippen LogP contribution is -2.14. The number of benzene rings is 2. The van der Waals surface area contributed by atoms with Gasteiger partial charge in [-0.15, -0.1) is 0 Å². The van der Waals surface area contributed by atoms with Crippen LogP contribution in [0, 0.1) is 5.82 Å². The van der Waals surface area contributed by atoms with Gasteiger partial charge in [0, 0.05) is 24.9 Å². The number of aromatic nitrogens is 5. The number of rotatable bonds is 5. The number of amides is 1. The molecule has 0 radical (unpaired) electrons. The Hall–Kier alpha value is -4.27. The summed E-state index contributed by atoms with van der Waals surface area (Å²) in [5, 5.41) is 10.3. The molecular formula is C22H18FN7O. The van der Waals surface area contributed by atoms with E-state index >= 15 is 0 Å². The summed E-state index contributed by atoms with van der Waals surface area (Å²) >= 11 is 0. The van der Waals surface area contributed by atoms with Crippen molar-refractivity contribution < 1.29 is 9.18 Å². The van der Waals surface area contributed by atoms with Crippen LogP contribution in [0.25, 0.3) is 16.7 Å². The van der Waals surface area contributed by atoms with E-state index in [-0.39, 0.29) is 5.91 Å². The average molecular weight is 415 g/mol. The van der Waals surface area contributed by atoms with Gasteiger partial charge in [0.1, 0.15) is 11.6 Å². The van der Waals surface area contributed by atoms with Gasteiger partial charge in [0.05, 0.1) is 29.5 Å². The van der Waals surface area contributed by atoms with Gasteiger partial charge in [-0.3, -0.25) is 13.9 Å². The number of fused-ring (bicyclic) bond motifs is 3. The second-order valence-corrected chi connectivity index (χ2v) is 7.02. The van der Waals surface area contributed by atoms with Gasteiger partial charge >= 0.3 is 0 Å². The first-order valence-electron chi connectivity index (χ1n) is 9.64. The summed E-state index contributed by atoms with van der Waals surface area (Å²) in [5.74, 6) is 0.249. The number of nitrogens with one attached hydrogen (secondary N) is 2. The molecule has 0 aliphatic rings. The predicted molar refractivity (Wildman–Crippen MR) is 115 cm³/mol. The number of nitrogens with zero attached hydrogens (tertiary/aromatic N) is 5. The normalized spacial score (nSPS) is 11.2. The Bertz CT molecular complexity index is 1410. The summed E-state index contributed by atoms with van der Waals surface area (Å²) in [7, 11) is 1.86. The lowest BCUT2D eigenvalue weighted by atomic mass is 10.2. The average Bonchev–Trinajstić information content (AvgIpc) is 3.39. The molecule has 3 aromatic heterocycles. The van der Waals surface area contributed by atoms with Crippen molar-refractivity contribution in [1.29, 1.82) is 0 Å². The number of carbonyl (C=O) groups excluding carboxylic acids is 1. The SMILES string of the molecule is Cn1nccc1CNc1nc2ccc(F)cc2n2c(NC(=O)c3ccccc3)cnc12. The molecule has 0 saturated carbocycles. The van der Waals surface area contributed by atoms with Crippen molar-refractivity contribution in [2.75, 3.05) is 10.6 Å². The quantitative estimate of drug-likeness (QED) is 0.458. The van der Waals surface area contributed by atoms with Crippen LogP contribution < -0.4 is 10.6 Å². The Morgan fingerprint density at radius 2 is 1.97 bits per heavy atom. The number of carbonyl (C=O) groups is 1. The van der Waals surface area contributed by atoms with E-state index in [1.54, 1.807) is 45.6 Å². The van der Waals surface area contributed by atoms with Crippen molar-refractivity contribution >= 4 is 34.2 Å². The number of halogens is 1. The maximum absolute atomic E-state index is 14.0. The first-order chi connectivity index (χ1) is 15.1. The highest BCUT2D eigenvalue weighted by atomic mass is 19.1. The number of aryl methyl sites for hydroxylation is 1. The molecule has 0 unspecified atom stereocenters. The smallest absolute Gasteiger partial charge is 0.256 e. The zero-order chi connectivity index (χ0) is 21.4. The summed E-state index contributed by atoms with van der Waals surface area (Å²) < 4.78 is 17.5. The lowest BCUT2D eigenvalue weighted by Gasteiger charge is -2.12. The molecule has 9 heteroatoms. The minimum absolute atomic E-state index is 0.284. The van der Waals surface area contributed by atoms with Gasteiger partial charge in [-0.05, 0) is 30.3 Å². The maximum Gasteiger partial charge on any atom is 0.256 e. The fourth-order valence-corrected chi connectivity index (χ4v) is 3.44. The fourth-order valence-electron chi connectivity index (χ4n) is 3.44. The predicted octanol–water partition coefficient (Wildman–Crippen LogP) is 3.62.